The standard InChI is InChI=1S/C16H25NO/c1-3-18-16-12-8-7-11-15(16)17-13(2)14-9-5-4-6-10-14/h4-6,9-10,13,15-17H,3,7-8,11-12H2,1-2H3/t13-,15-,16+/m0/s1. The number of hydrogen-bond donors (Lipinski definition) is 1. The zero-order valence-corrected chi connectivity index (χ0v) is 11.6. The summed E-state index contributed by atoms with van der Waals surface area (Å²) in [6.45, 7) is 5.15. The summed E-state index contributed by atoms with van der Waals surface area (Å²) in [4.78, 5) is 0. The van der Waals surface area contributed by atoms with E-state index in [1.165, 1.54) is 31.2 Å². The zero-order valence-electron chi connectivity index (χ0n) is 11.6. The van der Waals surface area contributed by atoms with E-state index in [-0.39, 0.29) is 0 Å². The summed E-state index contributed by atoms with van der Waals surface area (Å²) in [6, 6.07) is 11.6. The number of ether oxygens (including phenoxy) is 1. The van der Waals surface area contributed by atoms with Gasteiger partial charge in [-0.15, -0.1) is 0 Å². The van der Waals surface area contributed by atoms with Crippen molar-refractivity contribution in [3.8, 4) is 0 Å². The van der Waals surface area contributed by atoms with Gasteiger partial charge in [0.15, 0.2) is 0 Å². The van der Waals surface area contributed by atoms with Crippen LogP contribution in [0.1, 0.15) is 51.1 Å². The highest BCUT2D eigenvalue weighted by Gasteiger charge is 2.26. The van der Waals surface area contributed by atoms with Gasteiger partial charge in [-0.05, 0) is 32.3 Å². The van der Waals surface area contributed by atoms with Crippen molar-refractivity contribution in [2.24, 2.45) is 0 Å². The topological polar surface area (TPSA) is 21.3 Å². The molecule has 2 nitrogen and oxygen atoms in total. The Hall–Kier alpha value is -0.860. The molecule has 0 radical (unpaired) electrons. The van der Waals surface area contributed by atoms with Crippen LogP contribution in [0.2, 0.25) is 0 Å². The van der Waals surface area contributed by atoms with Crippen molar-refractivity contribution in [2.75, 3.05) is 6.61 Å². The van der Waals surface area contributed by atoms with Gasteiger partial charge in [-0.2, -0.15) is 0 Å². The minimum atomic E-state index is 0.398. The van der Waals surface area contributed by atoms with Crippen molar-refractivity contribution < 1.29 is 4.74 Å². The number of benzene rings is 1. The van der Waals surface area contributed by atoms with Gasteiger partial charge in [0.2, 0.25) is 0 Å². The van der Waals surface area contributed by atoms with Crippen LogP contribution in [-0.4, -0.2) is 18.8 Å². The third kappa shape index (κ3) is 3.56. The molecule has 1 aromatic rings. The van der Waals surface area contributed by atoms with E-state index in [0.717, 1.165) is 6.61 Å². The average Bonchev–Trinajstić information content (AvgIpc) is 2.42. The molecule has 0 spiro atoms. The highest BCUT2D eigenvalue weighted by molar-refractivity contribution is 5.18. The Morgan fingerprint density at radius 3 is 2.67 bits per heavy atom. The van der Waals surface area contributed by atoms with Crippen molar-refractivity contribution in [3.05, 3.63) is 35.9 Å². The van der Waals surface area contributed by atoms with E-state index in [2.05, 4.69) is 49.5 Å². The maximum atomic E-state index is 5.87. The molecular weight excluding hydrogens is 222 g/mol. The monoisotopic (exact) mass is 247 g/mol. The Labute approximate surface area is 111 Å². The molecule has 0 unspecified atom stereocenters. The molecule has 100 valence electrons. The first-order chi connectivity index (χ1) is 8.81. The second-order valence-corrected chi connectivity index (χ2v) is 5.18. The molecule has 2 rings (SSSR count). The molecule has 18 heavy (non-hydrogen) atoms. The van der Waals surface area contributed by atoms with Gasteiger partial charge >= 0.3 is 0 Å². The highest BCUT2D eigenvalue weighted by Crippen LogP contribution is 2.24. The van der Waals surface area contributed by atoms with Crippen LogP contribution in [0.4, 0.5) is 0 Å². The smallest absolute Gasteiger partial charge is 0.0728 e. The van der Waals surface area contributed by atoms with Gasteiger partial charge in [-0.1, -0.05) is 43.2 Å². The number of hydrogen-bond acceptors (Lipinski definition) is 2. The fraction of sp³-hybridized carbons (Fsp3) is 0.625. The molecule has 3 atom stereocenters. The molecular formula is C16H25NO. The van der Waals surface area contributed by atoms with Crippen LogP contribution in [-0.2, 0) is 4.74 Å². The lowest BCUT2D eigenvalue weighted by molar-refractivity contribution is 0.00950. The summed E-state index contributed by atoms with van der Waals surface area (Å²) in [5, 5.41) is 3.74. The van der Waals surface area contributed by atoms with E-state index in [9.17, 15) is 0 Å². The van der Waals surface area contributed by atoms with E-state index in [0.29, 0.717) is 18.2 Å². The van der Waals surface area contributed by atoms with Crippen molar-refractivity contribution >= 4 is 0 Å². The lowest BCUT2D eigenvalue weighted by atomic mass is 9.91. The van der Waals surface area contributed by atoms with Crippen LogP contribution in [0.3, 0.4) is 0 Å². The van der Waals surface area contributed by atoms with Gasteiger partial charge in [0.05, 0.1) is 6.10 Å². The third-order valence-corrected chi connectivity index (χ3v) is 3.85. The number of rotatable bonds is 5. The molecule has 1 N–H and O–H groups in total. The SMILES string of the molecule is CCO[C@@H]1CCCC[C@@H]1N[C@@H](C)c1ccccc1. The average molecular weight is 247 g/mol. The molecule has 0 heterocycles. The van der Waals surface area contributed by atoms with Gasteiger partial charge in [-0.25, -0.2) is 0 Å². The lowest BCUT2D eigenvalue weighted by Gasteiger charge is -2.34. The Morgan fingerprint density at radius 1 is 1.22 bits per heavy atom. The summed E-state index contributed by atoms with van der Waals surface area (Å²) in [7, 11) is 0. The molecule has 0 bridgehead atoms. The van der Waals surface area contributed by atoms with Gasteiger partial charge in [-0.3, -0.25) is 0 Å². The normalized spacial score (nSPS) is 25.9. The van der Waals surface area contributed by atoms with Crippen LogP contribution >= 0.6 is 0 Å². The van der Waals surface area contributed by atoms with E-state index in [1.807, 2.05) is 0 Å². The molecule has 1 saturated carbocycles. The van der Waals surface area contributed by atoms with E-state index >= 15 is 0 Å². The molecule has 1 aromatic carbocycles. The highest BCUT2D eigenvalue weighted by atomic mass is 16.5. The van der Waals surface area contributed by atoms with E-state index in [1.54, 1.807) is 0 Å². The lowest BCUT2D eigenvalue weighted by Crippen LogP contribution is -2.44. The molecule has 1 aliphatic carbocycles. The second kappa shape index (κ2) is 6.91. The molecule has 0 amide bonds. The van der Waals surface area contributed by atoms with E-state index < -0.39 is 0 Å². The summed E-state index contributed by atoms with van der Waals surface area (Å²) >= 11 is 0. The molecule has 1 aliphatic rings. The Kier molecular flexibility index (Phi) is 5.21. The third-order valence-electron chi connectivity index (χ3n) is 3.85. The Balaban J connectivity index is 1.94. The largest absolute Gasteiger partial charge is 0.377 e. The van der Waals surface area contributed by atoms with Crippen molar-refractivity contribution in [1.82, 2.24) is 5.32 Å². The van der Waals surface area contributed by atoms with Crippen LogP contribution < -0.4 is 5.32 Å². The minimum absolute atomic E-state index is 0.398. The van der Waals surface area contributed by atoms with Crippen LogP contribution in [0, 0.1) is 0 Å². The fourth-order valence-electron chi connectivity index (χ4n) is 2.86. The minimum Gasteiger partial charge on any atom is -0.377 e. The number of nitrogens with one attached hydrogen (secondary N) is 1. The van der Waals surface area contributed by atoms with Gasteiger partial charge < -0.3 is 10.1 Å². The second-order valence-electron chi connectivity index (χ2n) is 5.18. The summed E-state index contributed by atoms with van der Waals surface area (Å²) in [5.41, 5.74) is 1.36. The van der Waals surface area contributed by atoms with Crippen LogP contribution in [0.15, 0.2) is 30.3 Å². The molecule has 1 fully saturated rings. The molecule has 2 heteroatoms. The molecule has 0 saturated heterocycles. The Bertz CT molecular complexity index is 336. The fourth-order valence-corrected chi connectivity index (χ4v) is 2.86. The summed E-state index contributed by atoms with van der Waals surface area (Å²) in [6.07, 6.45) is 5.47. The molecule has 0 aliphatic heterocycles. The van der Waals surface area contributed by atoms with Crippen molar-refractivity contribution in [2.45, 2.75) is 57.7 Å². The van der Waals surface area contributed by atoms with Gasteiger partial charge in [0, 0.05) is 18.7 Å². The summed E-state index contributed by atoms with van der Waals surface area (Å²) < 4.78 is 5.87. The van der Waals surface area contributed by atoms with Crippen molar-refractivity contribution in [3.63, 3.8) is 0 Å². The van der Waals surface area contributed by atoms with Crippen LogP contribution in [0.5, 0.6) is 0 Å². The quantitative estimate of drug-likeness (QED) is 0.857. The first-order valence-corrected chi connectivity index (χ1v) is 7.24. The maximum absolute atomic E-state index is 5.87. The zero-order chi connectivity index (χ0) is 12.8. The molecule has 0 aromatic heterocycles. The predicted octanol–water partition coefficient (Wildman–Crippen LogP) is 3.68. The maximum Gasteiger partial charge on any atom is 0.0728 e. The predicted molar refractivity (Wildman–Crippen MR) is 75.7 cm³/mol. The first kappa shape index (κ1) is 13.6. The van der Waals surface area contributed by atoms with Crippen molar-refractivity contribution in [1.29, 1.82) is 0 Å². The Morgan fingerprint density at radius 2 is 1.94 bits per heavy atom. The van der Waals surface area contributed by atoms with E-state index in [4.69, 9.17) is 4.74 Å². The summed E-state index contributed by atoms with van der Waals surface area (Å²) in [5.74, 6) is 0. The first-order valence-electron chi connectivity index (χ1n) is 7.24. The van der Waals surface area contributed by atoms with Gasteiger partial charge in [0.25, 0.3) is 0 Å². The van der Waals surface area contributed by atoms with Gasteiger partial charge in [0.1, 0.15) is 0 Å². The van der Waals surface area contributed by atoms with Crippen LogP contribution in [0.25, 0.3) is 0 Å².